The van der Waals surface area contributed by atoms with Gasteiger partial charge in [0.15, 0.2) is 34.3 Å². The summed E-state index contributed by atoms with van der Waals surface area (Å²) in [5.74, 6) is -3.04. The largest absolute Gasteiger partial charge is 0.502 e. The number of rotatable bonds is 15. The van der Waals surface area contributed by atoms with Crippen LogP contribution in [0.1, 0.15) is 111 Å². The highest BCUT2D eigenvalue weighted by atomic mass is 35.5. The van der Waals surface area contributed by atoms with Crippen molar-refractivity contribution in [3.8, 4) is 34.5 Å². The summed E-state index contributed by atoms with van der Waals surface area (Å²) in [6.45, 7) is 1.02. The van der Waals surface area contributed by atoms with E-state index in [0.717, 1.165) is 60.8 Å². The summed E-state index contributed by atoms with van der Waals surface area (Å²) >= 11 is 37.8. The molecule has 11 aromatic rings. The molecule has 0 spiro atoms. The van der Waals surface area contributed by atoms with Crippen molar-refractivity contribution in [1.82, 2.24) is 14.0 Å². The minimum Gasteiger partial charge on any atom is -0.502 e. The lowest BCUT2D eigenvalue weighted by Crippen LogP contribution is -2.30. The molecule has 102 heavy (non-hydrogen) atoms. The number of hydrogen-bond donors (Lipinski definition) is 6. The van der Waals surface area contributed by atoms with E-state index in [1.54, 1.807) is 84.9 Å². The maximum Gasteiger partial charge on any atom is 0.360 e. The molecule has 0 radical (unpaired) electrons. The van der Waals surface area contributed by atoms with E-state index in [4.69, 9.17) is 98.0 Å². The molecule has 6 heterocycles. The number of nitrogens with zero attached hydrogens (tertiary/aromatic N) is 3. The number of fused-ring (bicyclic) bond motifs is 6. The van der Waals surface area contributed by atoms with Gasteiger partial charge in [-0.05, 0) is 136 Å². The normalized spacial score (nSPS) is 14.3. The van der Waals surface area contributed by atoms with Crippen LogP contribution in [-0.2, 0) is 37.8 Å². The molecule has 8 aromatic carbocycles. The van der Waals surface area contributed by atoms with Crippen LogP contribution in [-0.4, -0.2) is 54.4 Å². The van der Waals surface area contributed by atoms with Gasteiger partial charge in [0.25, 0.3) is 0 Å². The molecule has 3 aliphatic rings. The van der Waals surface area contributed by atoms with Crippen LogP contribution in [0.5, 0.6) is 34.5 Å². The molecule has 3 aliphatic heterocycles. The second kappa shape index (κ2) is 31.2. The average Bonchev–Trinajstić information content (AvgIpc) is 1.45. The average molecular weight is 1490 g/mol. The van der Waals surface area contributed by atoms with E-state index in [9.17, 15) is 44.1 Å². The smallest absolute Gasteiger partial charge is 0.360 e. The maximum atomic E-state index is 13.0. The number of carboxylic acid groups (broad SMARTS) is 2. The summed E-state index contributed by atoms with van der Waals surface area (Å²) in [4.78, 5) is 74.2. The number of hydrogen-bond acceptors (Lipinski definition) is 16. The Kier molecular flexibility index (Phi) is 21.7. The van der Waals surface area contributed by atoms with Crippen molar-refractivity contribution in [3.05, 3.63) is 346 Å². The molecule has 14 rings (SSSR count). The SMILES string of the molecule is COC(=O)c1c(OCc2ccccc2)c(=O)ccn1NC1c2cc(Cl)ccc2COc2ccc(Cl)cc21.O=C(O)c1c(O)c(=O)ccn1NC1c2cc(Cl)ccc2COc2ccc(Cl)cc21.O=C(O)c1c(OCc2ccccc2)c(=O)ccn1NC1c2cc(Cl)ccc2COc2ccc(Cl)cc21. The minimum absolute atomic E-state index is 0.0362. The third-order valence-corrected chi connectivity index (χ3v) is 17.9. The predicted molar refractivity (Wildman–Crippen MR) is 386 cm³/mol. The van der Waals surface area contributed by atoms with Crippen molar-refractivity contribution in [2.45, 2.75) is 51.2 Å². The highest BCUT2D eigenvalue weighted by Gasteiger charge is 2.33. The quantitative estimate of drug-likeness (QED) is 0.0521. The number of aromatic nitrogens is 3. The van der Waals surface area contributed by atoms with Crippen molar-refractivity contribution in [3.63, 3.8) is 0 Å². The number of methoxy groups -OCH3 is 1. The fourth-order valence-corrected chi connectivity index (χ4v) is 12.7. The van der Waals surface area contributed by atoms with Crippen LogP contribution in [0.15, 0.2) is 221 Å². The van der Waals surface area contributed by atoms with E-state index >= 15 is 0 Å². The van der Waals surface area contributed by atoms with E-state index in [1.165, 1.54) is 47.2 Å². The van der Waals surface area contributed by atoms with Crippen molar-refractivity contribution in [1.29, 1.82) is 0 Å². The molecule has 0 aliphatic carbocycles. The molecule has 6 N–H and O–H groups in total. The summed E-state index contributed by atoms with van der Waals surface area (Å²) in [5, 5.41) is 32.6. The first-order chi connectivity index (χ1) is 49.2. The number of ether oxygens (including phenoxy) is 6. The van der Waals surface area contributed by atoms with Crippen LogP contribution in [0, 0.1) is 0 Å². The highest BCUT2D eigenvalue weighted by Crippen LogP contribution is 2.43. The Morgan fingerprint density at radius 2 is 0.735 bits per heavy atom. The molecule has 0 saturated carbocycles. The Bertz CT molecular complexity index is 5070. The highest BCUT2D eigenvalue weighted by molar-refractivity contribution is 6.32. The van der Waals surface area contributed by atoms with E-state index in [1.807, 2.05) is 84.9 Å². The second-order valence-electron chi connectivity index (χ2n) is 23.0. The molecule has 21 nitrogen and oxygen atoms in total. The van der Waals surface area contributed by atoms with Crippen molar-refractivity contribution >= 4 is 87.5 Å². The van der Waals surface area contributed by atoms with Crippen molar-refractivity contribution in [2.24, 2.45) is 0 Å². The Morgan fingerprint density at radius 1 is 0.422 bits per heavy atom. The van der Waals surface area contributed by atoms with E-state index < -0.39 is 63.8 Å². The molecule has 0 fully saturated rings. The molecule has 518 valence electrons. The lowest BCUT2D eigenvalue weighted by molar-refractivity contribution is 0.0580. The number of aromatic hydroxyl groups is 1. The predicted octanol–water partition coefficient (Wildman–Crippen LogP) is 15.2. The van der Waals surface area contributed by atoms with E-state index in [0.29, 0.717) is 71.7 Å². The van der Waals surface area contributed by atoms with Gasteiger partial charge in [0.1, 0.15) is 50.3 Å². The number of carbonyl (C=O) groups excluding carboxylic acids is 1. The second-order valence-corrected chi connectivity index (χ2v) is 25.6. The first-order valence-electron chi connectivity index (χ1n) is 31.0. The number of nitrogens with one attached hydrogen (secondary N) is 3. The van der Waals surface area contributed by atoms with Gasteiger partial charge < -0.3 is 60.0 Å². The van der Waals surface area contributed by atoms with Crippen LogP contribution in [0.25, 0.3) is 0 Å². The minimum atomic E-state index is -1.46. The van der Waals surface area contributed by atoms with Gasteiger partial charge in [-0.1, -0.05) is 148 Å². The number of esters is 1. The van der Waals surface area contributed by atoms with Crippen LogP contribution < -0.4 is 56.2 Å². The Labute approximate surface area is 610 Å². The van der Waals surface area contributed by atoms with Crippen molar-refractivity contribution in [2.75, 3.05) is 23.4 Å². The van der Waals surface area contributed by atoms with Crippen LogP contribution in [0.3, 0.4) is 0 Å². The van der Waals surface area contributed by atoms with Gasteiger partial charge in [-0.15, -0.1) is 0 Å². The topological polar surface area (TPSA) is 269 Å². The lowest BCUT2D eigenvalue weighted by Gasteiger charge is -2.25. The van der Waals surface area contributed by atoms with Gasteiger partial charge >= 0.3 is 17.9 Å². The van der Waals surface area contributed by atoms with Gasteiger partial charge in [0, 0.05) is 83.6 Å². The molecule has 27 heteroatoms. The van der Waals surface area contributed by atoms with E-state index in [-0.39, 0.29) is 42.7 Å². The number of benzene rings is 8. The van der Waals surface area contributed by atoms with Crippen LogP contribution >= 0.6 is 69.6 Å². The molecule has 3 atom stereocenters. The van der Waals surface area contributed by atoms with Gasteiger partial charge in [0.2, 0.25) is 16.3 Å². The number of carbonyl (C=O) groups is 3. The summed E-state index contributed by atoms with van der Waals surface area (Å²) in [7, 11) is 1.24. The zero-order valence-corrected chi connectivity index (χ0v) is 57.8. The molecule has 0 amide bonds. The lowest BCUT2D eigenvalue weighted by atomic mass is 9.95. The third-order valence-electron chi connectivity index (χ3n) is 16.5. The van der Waals surface area contributed by atoms with Gasteiger partial charge in [0.05, 0.1) is 25.2 Å². The van der Waals surface area contributed by atoms with E-state index in [2.05, 4.69) is 16.3 Å². The Hall–Kier alpha value is -11.0. The molecule has 3 unspecified atom stereocenters. The number of aromatic carboxylic acids is 2. The van der Waals surface area contributed by atoms with Gasteiger partial charge in [-0.25, -0.2) is 14.4 Å². The summed E-state index contributed by atoms with van der Waals surface area (Å²) in [5.41, 5.74) is 15.5. The summed E-state index contributed by atoms with van der Waals surface area (Å²) in [6, 6.07) is 52.3. The number of carboxylic acids is 2. The Morgan fingerprint density at radius 3 is 1.09 bits per heavy atom. The van der Waals surface area contributed by atoms with Gasteiger partial charge in [-0.3, -0.25) is 28.4 Å². The summed E-state index contributed by atoms with van der Waals surface area (Å²) in [6.07, 6.45) is 4.07. The molecule has 0 bridgehead atoms. The molecular formula is C75H56Cl6N6O15. The zero-order chi connectivity index (χ0) is 71.9. The summed E-state index contributed by atoms with van der Waals surface area (Å²) < 4.78 is 38.4. The van der Waals surface area contributed by atoms with Crippen LogP contribution in [0.2, 0.25) is 30.1 Å². The number of pyridine rings is 3. The molecule has 3 aromatic heterocycles. The van der Waals surface area contributed by atoms with Gasteiger partial charge in [-0.2, -0.15) is 0 Å². The maximum absolute atomic E-state index is 13.0. The molecular weight excluding hydrogens is 1440 g/mol. The molecule has 0 saturated heterocycles. The monoisotopic (exact) mass is 1490 g/mol. The first kappa shape index (κ1) is 70.8. The van der Waals surface area contributed by atoms with Crippen LogP contribution in [0.4, 0.5) is 0 Å². The first-order valence-corrected chi connectivity index (χ1v) is 33.2. The number of halogens is 6. The fraction of sp³-hybridized carbons (Fsp3) is 0.120. The third kappa shape index (κ3) is 15.8. The fourth-order valence-electron chi connectivity index (χ4n) is 11.6. The zero-order valence-electron chi connectivity index (χ0n) is 53.2. The van der Waals surface area contributed by atoms with Crippen molar-refractivity contribution < 1.29 is 58.1 Å². The standard InChI is InChI=1S/C28H22Cl2N2O5.C27H20Cl2N2O5.C20H14Cl2N2O5/c1-35-28(34)26-27(37-15-17-5-3-2-4-6-17)23(33)11-12-32(26)31-25-21-13-19(29)8-7-18(21)16-36-24-10-9-20(30)14-22(24)25;28-18-7-6-17-15-35-23-9-8-19(29)13-21(23)24(20(17)12-18)30-31-11-10-22(32)26(25(31)27(33)34)36-14-16-4-2-1-3-5-16;21-11-2-1-10-9-29-16-4-3-12(22)8-14(16)17(13(10)7-11)23-24-6-5-15(25)19(26)18(24)20(27)28/h2-14,25,31H,15-16H2,1H3;1-13,24,30H,14-15H2,(H,33,34);1-8,17,23,26H,9H2,(H,27,28). The Balaban J connectivity index is 0.000000146.